The zero-order valence-corrected chi connectivity index (χ0v) is 27.8. The number of ether oxygens (including phenoxy) is 1. The summed E-state index contributed by atoms with van der Waals surface area (Å²) in [5.74, 6) is 0.289. The first kappa shape index (κ1) is 35.6. The highest BCUT2D eigenvalue weighted by molar-refractivity contribution is 8.02. The van der Waals surface area contributed by atoms with Crippen molar-refractivity contribution in [3.05, 3.63) is 101 Å². The van der Waals surface area contributed by atoms with Crippen LogP contribution in [-0.4, -0.2) is 67.1 Å². The predicted octanol–water partition coefficient (Wildman–Crippen LogP) is 7.72. The van der Waals surface area contributed by atoms with E-state index in [0.717, 1.165) is 44.6 Å². The second kappa shape index (κ2) is 16.6. The summed E-state index contributed by atoms with van der Waals surface area (Å²) in [7, 11) is 0. The maximum Gasteiger partial charge on any atom is 0.416 e. The Morgan fingerprint density at radius 1 is 1.09 bits per heavy atom. The van der Waals surface area contributed by atoms with Gasteiger partial charge in [0.1, 0.15) is 0 Å². The fourth-order valence-electron chi connectivity index (χ4n) is 5.89. The molecular formula is C36H47F3N4O2S. The van der Waals surface area contributed by atoms with E-state index in [1.54, 1.807) is 5.41 Å². The van der Waals surface area contributed by atoms with Crippen molar-refractivity contribution in [1.82, 2.24) is 15.1 Å². The number of allylic oxidation sites excluding steroid dienone is 4. The maximum atomic E-state index is 14.0. The third-order valence-corrected chi connectivity index (χ3v) is 10.1. The smallest absolute Gasteiger partial charge is 0.398 e. The third kappa shape index (κ3) is 10.1. The van der Waals surface area contributed by atoms with Crippen LogP contribution in [-0.2, 0) is 10.9 Å². The first-order valence-corrected chi connectivity index (χ1v) is 16.9. The molecule has 2 aromatic carbocycles. The van der Waals surface area contributed by atoms with Crippen LogP contribution >= 0.6 is 11.8 Å². The zero-order chi connectivity index (χ0) is 33.2. The van der Waals surface area contributed by atoms with Crippen LogP contribution < -0.4 is 11.1 Å². The van der Waals surface area contributed by atoms with Gasteiger partial charge >= 0.3 is 12.2 Å². The second-order valence-electron chi connectivity index (χ2n) is 12.6. The van der Waals surface area contributed by atoms with E-state index >= 15 is 0 Å². The number of hydrogen-bond donors (Lipinski definition) is 2. The monoisotopic (exact) mass is 656 g/mol. The lowest BCUT2D eigenvalue weighted by Crippen LogP contribution is -2.49. The van der Waals surface area contributed by atoms with Crippen LogP contribution in [0.5, 0.6) is 0 Å². The van der Waals surface area contributed by atoms with Crippen molar-refractivity contribution in [3.8, 4) is 0 Å². The Kier molecular flexibility index (Phi) is 12.8. The van der Waals surface area contributed by atoms with E-state index in [0.29, 0.717) is 37.6 Å². The fraction of sp³-hybridized carbons (Fsp3) is 0.472. The highest BCUT2D eigenvalue weighted by Crippen LogP contribution is 2.44. The Morgan fingerprint density at radius 3 is 2.39 bits per heavy atom. The number of nitrogens with one attached hydrogen (secondary N) is 1. The third-order valence-electron chi connectivity index (χ3n) is 8.80. The number of amides is 2. The van der Waals surface area contributed by atoms with Crippen LogP contribution in [0, 0.1) is 11.3 Å². The Labute approximate surface area is 275 Å². The Balaban J connectivity index is 1.48. The lowest BCUT2D eigenvalue weighted by atomic mass is 9.68. The molecule has 0 spiro atoms. The quantitative estimate of drug-likeness (QED) is 0.216. The molecule has 2 amide bonds. The Hall–Kier alpha value is -3.21. The molecule has 10 heteroatoms. The molecule has 1 fully saturated rings. The number of rotatable bonds is 13. The van der Waals surface area contributed by atoms with Crippen LogP contribution in [0.3, 0.4) is 0 Å². The Morgan fingerprint density at radius 2 is 1.78 bits per heavy atom. The standard InChI is InChI=1S/C36H47F3N4O2S/c1-27(2)33(46-26-32(40)29-12-14-30(15-13-29)36(37,38)39)41-34(44)43(21-20-42-22-24-45-25-23-42)19-16-31(28-10-6-4-7-11-28)35(3)17-8-5-9-18-35/h4-15,17,26-27,31,33H,16,18-25,40H2,1-3H3,(H,41,44)/b32-26-. The molecule has 46 heavy (non-hydrogen) atoms. The second-order valence-corrected chi connectivity index (χ2v) is 13.6. The van der Waals surface area contributed by atoms with Crippen molar-refractivity contribution in [2.24, 2.45) is 17.1 Å². The summed E-state index contributed by atoms with van der Waals surface area (Å²) in [5, 5.41) is 4.64. The van der Waals surface area contributed by atoms with Crippen molar-refractivity contribution in [2.75, 3.05) is 45.9 Å². The maximum absolute atomic E-state index is 14.0. The highest BCUT2D eigenvalue weighted by atomic mass is 32.2. The Bertz CT molecular complexity index is 1340. The van der Waals surface area contributed by atoms with E-state index < -0.39 is 11.7 Å². The highest BCUT2D eigenvalue weighted by Gasteiger charge is 2.34. The number of carbonyl (C=O) groups excluding carboxylic acids is 1. The van der Waals surface area contributed by atoms with Crippen LogP contribution in [0.2, 0.25) is 0 Å². The van der Waals surface area contributed by atoms with Crippen molar-refractivity contribution < 1.29 is 22.7 Å². The number of hydrogen-bond acceptors (Lipinski definition) is 5. The van der Waals surface area contributed by atoms with Gasteiger partial charge in [0.05, 0.1) is 24.2 Å². The van der Waals surface area contributed by atoms with E-state index in [2.05, 4.69) is 65.7 Å². The van der Waals surface area contributed by atoms with Gasteiger partial charge in [-0.1, -0.05) is 87.5 Å². The minimum Gasteiger partial charge on any atom is -0.398 e. The SMILES string of the molecule is CC(C)C(NC(=O)N(CCC(c1ccccc1)C1(C)C=CC=CC1)CCN1CCOCC1)S/C=C(\N)c1ccc(C(F)(F)F)cc1. The molecule has 0 radical (unpaired) electrons. The molecule has 0 aromatic heterocycles. The van der Waals surface area contributed by atoms with E-state index in [9.17, 15) is 18.0 Å². The molecule has 3 unspecified atom stereocenters. The van der Waals surface area contributed by atoms with Gasteiger partial charge in [0.15, 0.2) is 0 Å². The van der Waals surface area contributed by atoms with Crippen LogP contribution in [0.1, 0.15) is 56.2 Å². The van der Waals surface area contributed by atoms with Gasteiger partial charge in [-0.25, -0.2) is 4.79 Å². The summed E-state index contributed by atoms with van der Waals surface area (Å²) in [5.41, 5.74) is 7.56. The molecule has 2 aromatic rings. The summed E-state index contributed by atoms with van der Waals surface area (Å²) >= 11 is 1.37. The molecule has 0 bridgehead atoms. The average molecular weight is 657 g/mol. The van der Waals surface area contributed by atoms with Crippen molar-refractivity contribution in [2.45, 2.75) is 51.1 Å². The number of thioether (sulfide) groups is 1. The molecule has 4 rings (SSSR count). The summed E-state index contributed by atoms with van der Waals surface area (Å²) < 4.78 is 44.5. The van der Waals surface area contributed by atoms with Crippen LogP contribution in [0.4, 0.5) is 18.0 Å². The van der Waals surface area contributed by atoms with Crippen molar-refractivity contribution in [1.29, 1.82) is 0 Å². The molecule has 6 nitrogen and oxygen atoms in total. The predicted molar refractivity (Wildman–Crippen MR) is 182 cm³/mol. The van der Waals surface area contributed by atoms with E-state index in [-0.39, 0.29) is 28.7 Å². The first-order chi connectivity index (χ1) is 22.0. The lowest BCUT2D eigenvalue weighted by molar-refractivity contribution is -0.137. The average Bonchev–Trinajstić information content (AvgIpc) is 3.05. The van der Waals surface area contributed by atoms with Crippen molar-refractivity contribution >= 4 is 23.5 Å². The summed E-state index contributed by atoms with van der Waals surface area (Å²) in [4.78, 5) is 18.2. The van der Waals surface area contributed by atoms with Crippen LogP contribution in [0.25, 0.3) is 5.70 Å². The summed E-state index contributed by atoms with van der Waals surface area (Å²) in [6.07, 6.45) is 6.05. The van der Waals surface area contributed by atoms with Crippen LogP contribution in [0.15, 0.2) is 84.3 Å². The minimum absolute atomic E-state index is 0.0700. The van der Waals surface area contributed by atoms with E-state index in [1.165, 1.54) is 29.5 Å². The molecule has 3 N–H and O–H groups in total. The van der Waals surface area contributed by atoms with E-state index in [1.807, 2.05) is 24.8 Å². The number of halogens is 3. The normalized spacial score (nSPS) is 20.5. The number of carbonyl (C=O) groups is 1. The zero-order valence-electron chi connectivity index (χ0n) is 27.0. The van der Waals surface area contributed by atoms with E-state index in [4.69, 9.17) is 10.5 Å². The largest absolute Gasteiger partial charge is 0.416 e. The molecule has 3 atom stereocenters. The molecule has 0 saturated carbocycles. The molecule has 1 heterocycles. The minimum atomic E-state index is -4.41. The number of benzene rings is 2. The topological polar surface area (TPSA) is 70.8 Å². The van der Waals surface area contributed by atoms with Gasteiger partial charge in [-0.15, -0.1) is 11.8 Å². The van der Waals surface area contributed by atoms with Gasteiger partial charge in [0.2, 0.25) is 0 Å². The van der Waals surface area contributed by atoms with Gasteiger partial charge in [-0.2, -0.15) is 13.2 Å². The molecule has 1 aliphatic carbocycles. The van der Waals surface area contributed by atoms with Gasteiger partial charge in [0, 0.05) is 38.4 Å². The molecule has 1 saturated heterocycles. The number of alkyl halides is 3. The lowest BCUT2D eigenvalue weighted by Gasteiger charge is -2.38. The van der Waals surface area contributed by atoms with Gasteiger partial charge < -0.3 is 20.7 Å². The fourth-order valence-corrected chi connectivity index (χ4v) is 6.80. The molecule has 2 aliphatic rings. The first-order valence-electron chi connectivity index (χ1n) is 16.0. The number of nitrogens with zero attached hydrogens (tertiary/aromatic N) is 2. The van der Waals surface area contributed by atoms with Gasteiger partial charge in [-0.05, 0) is 58.8 Å². The summed E-state index contributed by atoms with van der Waals surface area (Å²) in [6, 6.07) is 15.2. The van der Waals surface area contributed by atoms with Crippen molar-refractivity contribution in [3.63, 3.8) is 0 Å². The molecule has 1 aliphatic heterocycles. The van der Waals surface area contributed by atoms with Gasteiger partial charge in [0.25, 0.3) is 0 Å². The molecular weight excluding hydrogens is 609 g/mol. The van der Waals surface area contributed by atoms with Gasteiger partial charge in [-0.3, -0.25) is 4.90 Å². The number of morpholine rings is 1. The molecule has 250 valence electrons. The number of urea groups is 1. The summed E-state index contributed by atoms with van der Waals surface area (Å²) in [6.45, 7) is 11.3. The number of nitrogens with two attached hydrogens (primary N) is 1.